The molecule has 1 unspecified atom stereocenters. The van der Waals surface area contributed by atoms with Gasteiger partial charge in [-0.2, -0.15) is 0 Å². The standard InChI is InChI=1S/C25H27BrN2O6/c1-27(2)9-6-10-28-21(14-11-18(31-3)23(33-5)19(12-14)32-4)20-22(29)16-13-15(26)7-8-17(16)34-24(20)25(28)30/h7-8,11-13,21H,6,9-10H2,1-5H3. The second-order valence-electron chi connectivity index (χ2n) is 8.33. The van der Waals surface area contributed by atoms with Crippen molar-refractivity contribution in [3.05, 3.63) is 61.9 Å². The lowest BCUT2D eigenvalue weighted by Gasteiger charge is -2.27. The summed E-state index contributed by atoms with van der Waals surface area (Å²) in [5.74, 6) is 1.09. The maximum Gasteiger partial charge on any atom is 0.290 e. The fourth-order valence-corrected chi connectivity index (χ4v) is 4.75. The highest BCUT2D eigenvalue weighted by molar-refractivity contribution is 9.10. The molecule has 9 heteroatoms. The molecule has 0 aliphatic carbocycles. The molecule has 0 fully saturated rings. The molecular formula is C25H27BrN2O6. The van der Waals surface area contributed by atoms with Crippen LogP contribution in [-0.2, 0) is 0 Å². The molecule has 2 heterocycles. The molecule has 0 radical (unpaired) electrons. The lowest BCUT2D eigenvalue weighted by Crippen LogP contribution is -2.32. The van der Waals surface area contributed by atoms with Gasteiger partial charge in [-0.3, -0.25) is 9.59 Å². The number of benzene rings is 2. The van der Waals surface area contributed by atoms with Crippen molar-refractivity contribution in [2.75, 3.05) is 48.5 Å². The van der Waals surface area contributed by atoms with Crippen molar-refractivity contribution < 1.29 is 23.4 Å². The number of nitrogens with zero attached hydrogens (tertiary/aromatic N) is 2. The summed E-state index contributed by atoms with van der Waals surface area (Å²) in [4.78, 5) is 31.0. The molecule has 180 valence electrons. The molecule has 1 aliphatic heterocycles. The van der Waals surface area contributed by atoms with E-state index in [1.165, 1.54) is 21.3 Å². The number of carbonyl (C=O) groups is 1. The summed E-state index contributed by atoms with van der Waals surface area (Å²) >= 11 is 3.42. The van der Waals surface area contributed by atoms with Gasteiger partial charge in [0.2, 0.25) is 11.5 Å². The summed E-state index contributed by atoms with van der Waals surface area (Å²) in [5.41, 5.74) is 1.13. The van der Waals surface area contributed by atoms with Crippen molar-refractivity contribution in [1.82, 2.24) is 9.80 Å². The van der Waals surface area contributed by atoms with E-state index in [2.05, 4.69) is 20.8 Å². The van der Waals surface area contributed by atoms with E-state index in [1.54, 1.807) is 35.2 Å². The molecule has 34 heavy (non-hydrogen) atoms. The second-order valence-corrected chi connectivity index (χ2v) is 9.25. The molecule has 0 saturated carbocycles. The maximum atomic E-state index is 13.7. The fourth-order valence-electron chi connectivity index (χ4n) is 4.39. The minimum absolute atomic E-state index is 0.0726. The van der Waals surface area contributed by atoms with Crippen molar-refractivity contribution in [3.63, 3.8) is 0 Å². The third kappa shape index (κ3) is 4.14. The quantitative estimate of drug-likeness (QED) is 0.434. The van der Waals surface area contributed by atoms with E-state index < -0.39 is 6.04 Å². The van der Waals surface area contributed by atoms with Crippen LogP contribution < -0.4 is 19.6 Å². The van der Waals surface area contributed by atoms with Crippen LogP contribution in [0.3, 0.4) is 0 Å². The van der Waals surface area contributed by atoms with Crippen molar-refractivity contribution in [2.24, 2.45) is 0 Å². The van der Waals surface area contributed by atoms with E-state index in [0.717, 1.165) is 17.4 Å². The molecule has 0 saturated heterocycles. The molecule has 2 aromatic carbocycles. The van der Waals surface area contributed by atoms with E-state index in [-0.39, 0.29) is 17.1 Å². The smallest absolute Gasteiger partial charge is 0.290 e. The molecule has 8 nitrogen and oxygen atoms in total. The van der Waals surface area contributed by atoms with E-state index in [0.29, 0.717) is 45.9 Å². The highest BCUT2D eigenvalue weighted by Crippen LogP contribution is 2.45. The highest BCUT2D eigenvalue weighted by atomic mass is 79.9. The van der Waals surface area contributed by atoms with Crippen LogP contribution in [0, 0.1) is 0 Å². The van der Waals surface area contributed by atoms with Crippen molar-refractivity contribution in [2.45, 2.75) is 12.5 Å². The Hall–Kier alpha value is -3.04. The van der Waals surface area contributed by atoms with Gasteiger partial charge in [0.05, 0.1) is 38.3 Å². The van der Waals surface area contributed by atoms with Gasteiger partial charge >= 0.3 is 0 Å². The van der Waals surface area contributed by atoms with Crippen LogP contribution in [-0.4, -0.2) is 64.2 Å². The lowest BCUT2D eigenvalue weighted by atomic mass is 9.97. The first-order chi connectivity index (χ1) is 16.3. The van der Waals surface area contributed by atoms with Gasteiger partial charge in [0.15, 0.2) is 16.9 Å². The predicted octanol–water partition coefficient (Wildman–Crippen LogP) is 4.08. The van der Waals surface area contributed by atoms with Gasteiger partial charge in [-0.25, -0.2) is 0 Å². The number of ether oxygens (including phenoxy) is 3. The number of carbonyl (C=O) groups excluding carboxylic acids is 1. The Kier molecular flexibility index (Phi) is 6.86. The topological polar surface area (TPSA) is 81.5 Å². The third-order valence-electron chi connectivity index (χ3n) is 5.93. The molecule has 1 aromatic heterocycles. The average Bonchev–Trinajstić information content (AvgIpc) is 3.10. The van der Waals surface area contributed by atoms with Crippen molar-refractivity contribution >= 4 is 32.8 Å². The Balaban J connectivity index is 1.95. The summed E-state index contributed by atoms with van der Waals surface area (Å²) in [6.45, 7) is 1.24. The molecule has 4 rings (SSSR count). The Labute approximate surface area is 206 Å². The van der Waals surface area contributed by atoms with Crippen LogP contribution in [0.5, 0.6) is 17.2 Å². The first kappa shape index (κ1) is 24.1. The summed E-state index contributed by atoms with van der Waals surface area (Å²) in [6, 6.07) is 8.08. The lowest BCUT2D eigenvalue weighted by molar-refractivity contribution is 0.0722. The minimum atomic E-state index is -0.655. The van der Waals surface area contributed by atoms with Gasteiger partial charge in [0.1, 0.15) is 5.58 Å². The van der Waals surface area contributed by atoms with Gasteiger partial charge in [-0.05, 0) is 63.0 Å². The first-order valence-electron chi connectivity index (χ1n) is 10.8. The minimum Gasteiger partial charge on any atom is -0.493 e. The van der Waals surface area contributed by atoms with Crippen LogP contribution in [0.2, 0.25) is 0 Å². The number of amides is 1. The summed E-state index contributed by atoms with van der Waals surface area (Å²) in [5, 5.41) is 0.411. The van der Waals surface area contributed by atoms with Crippen molar-refractivity contribution in [1.29, 1.82) is 0 Å². The van der Waals surface area contributed by atoms with Gasteiger partial charge in [0, 0.05) is 11.0 Å². The first-order valence-corrected chi connectivity index (χ1v) is 11.6. The summed E-state index contributed by atoms with van der Waals surface area (Å²) < 4.78 is 23.3. The monoisotopic (exact) mass is 530 g/mol. The summed E-state index contributed by atoms with van der Waals surface area (Å²) in [7, 11) is 8.55. The second kappa shape index (κ2) is 9.68. The number of hydrogen-bond acceptors (Lipinski definition) is 7. The molecule has 1 aliphatic rings. The van der Waals surface area contributed by atoms with Crippen LogP contribution >= 0.6 is 15.9 Å². The average molecular weight is 531 g/mol. The Morgan fingerprint density at radius 2 is 1.71 bits per heavy atom. The Bertz CT molecular complexity index is 1280. The predicted molar refractivity (Wildman–Crippen MR) is 132 cm³/mol. The third-order valence-corrected chi connectivity index (χ3v) is 6.43. The van der Waals surface area contributed by atoms with Gasteiger partial charge in [0.25, 0.3) is 5.91 Å². The normalized spacial score (nSPS) is 15.2. The summed E-state index contributed by atoms with van der Waals surface area (Å²) in [6.07, 6.45) is 0.729. The van der Waals surface area contributed by atoms with Crippen LogP contribution in [0.1, 0.15) is 34.1 Å². The zero-order chi connectivity index (χ0) is 24.6. The Morgan fingerprint density at radius 3 is 2.29 bits per heavy atom. The van der Waals surface area contributed by atoms with Crippen molar-refractivity contribution in [3.8, 4) is 17.2 Å². The largest absolute Gasteiger partial charge is 0.493 e. The number of halogens is 1. The number of fused-ring (bicyclic) bond motifs is 2. The fraction of sp³-hybridized carbons (Fsp3) is 0.360. The Morgan fingerprint density at radius 1 is 1.03 bits per heavy atom. The number of rotatable bonds is 8. The molecule has 0 spiro atoms. The van der Waals surface area contributed by atoms with E-state index in [1.807, 2.05) is 14.1 Å². The van der Waals surface area contributed by atoms with Crippen LogP contribution in [0.4, 0.5) is 0 Å². The molecule has 3 aromatic rings. The number of methoxy groups -OCH3 is 3. The van der Waals surface area contributed by atoms with E-state index in [4.69, 9.17) is 18.6 Å². The zero-order valence-corrected chi connectivity index (χ0v) is 21.4. The van der Waals surface area contributed by atoms with E-state index >= 15 is 0 Å². The zero-order valence-electron chi connectivity index (χ0n) is 19.8. The highest BCUT2D eigenvalue weighted by Gasteiger charge is 2.43. The van der Waals surface area contributed by atoms with Gasteiger partial charge < -0.3 is 28.4 Å². The molecule has 1 atom stereocenters. The molecule has 0 bridgehead atoms. The van der Waals surface area contributed by atoms with E-state index in [9.17, 15) is 9.59 Å². The van der Waals surface area contributed by atoms with Gasteiger partial charge in [-0.15, -0.1) is 0 Å². The SMILES string of the molecule is COc1cc(C2c3c(oc4ccc(Br)cc4c3=O)C(=O)N2CCCN(C)C)cc(OC)c1OC. The maximum absolute atomic E-state index is 13.7. The molecule has 0 N–H and O–H groups in total. The van der Waals surface area contributed by atoms with Gasteiger partial charge in [-0.1, -0.05) is 15.9 Å². The molecular weight excluding hydrogens is 504 g/mol. The number of hydrogen-bond donors (Lipinski definition) is 0. The molecule has 1 amide bonds. The van der Waals surface area contributed by atoms with Crippen LogP contribution in [0.15, 0.2) is 44.0 Å². The van der Waals surface area contributed by atoms with Crippen LogP contribution in [0.25, 0.3) is 11.0 Å².